The van der Waals surface area contributed by atoms with Gasteiger partial charge in [-0.15, -0.1) is 11.3 Å². The fourth-order valence-electron chi connectivity index (χ4n) is 1.64. The van der Waals surface area contributed by atoms with Crippen LogP contribution < -0.4 is 9.47 Å². The van der Waals surface area contributed by atoms with Crippen LogP contribution >= 0.6 is 24.0 Å². The van der Waals surface area contributed by atoms with Crippen molar-refractivity contribution in [2.75, 3.05) is 20.0 Å². The first kappa shape index (κ1) is 13.2. The molecule has 0 spiro atoms. The second kappa shape index (κ2) is 6.11. The van der Waals surface area contributed by atoms with Gasteiger partial charge in [0.1, 0.15) is 5.01 Å². The number of aryl methyl sites for hydroxylation is 1. The summed E-state index contributed by atoms with van der Waals surface area (Å²) in [5.41, 5.74) is 2.13. The Morgan fingerprint density at radius 1 is 1.22 bits per heavy atom. The second-order valence-electron chi connectivity index (χ2n) is 3.69. The van der Waals surface area contributed by atoms with Crippen LogP contribution in [-0.4, -0.2) is 25.0 Å². The molecule has 0 saturated carbocycles. The minimum absolute atomic E-state index is 0.723. The van der Waals surface area contributed by atoms with Gasteiger partial charge < -0.3 is 9.47 Å². The quantitative estimate of drug-likeness (QED) is 0.853. The summed E-state index contributed by atoms with van der Waals surface area (Å²) in [6.07, 6.45) is 0.896. The third kappa shape index (κ3) is 2.79. The zero-order chi connectivity index (χ0) is 13.0. The van der Waals surface area contributed by atoms with Crippen LogP contribution in [0.4, 0.5) is 0 Å². The molecule has 0 aliphatic heterocycles. The van der Waals surface area contributed by atoms with E-state index in [1.165, 1.54) is 0 Å². The van der Waals surface area contributed by atoms with Crippen LogP contribution in [0, 0.1) is 0 Å². The van der Waals surface area contributed by atoms with Crippen molar-refractivity contribution in [2.24, 2.45) is 0 Å². The lowest BCUT2D eigenvalue weighted by Gasteiger charge is -2.08. The van der Waals surface area contributed by atoms with Crippen molar-refractivity contribution in [3.8, 4) is 22.1 Å². The Bertz CT molecular complexity index is 525. The van der Waals surface area contributed by atoms with Crippen LogP contribution in [-0.2, 0) is 6.42 Å². The number of benzene rings is 1. The SMILES string of the molecule is COc1ccc(-c2nc(CCS)cs2)cc1OC. The number of hydrogen-bond donors (Lipinski definition) is 1. The van der Waals surface area contributed by atoms with Gasteiger partial charge in [0, 0.05) is 10.9 Å². The predicted octanol–water partition coefficient (Wildman–Crippen LogP) is 3.30. The normalized spacial score (nSPS) is 10.4. The van der Waals surface area contributed by atoms with Gasteiger partial charge in [-0.05, 0) is 30.4 Å². The van der Waals surface area contributed by atoms with Crippen LogP contribution in [0.25, 0.3) is 10.6 Å². The standard InChI is InChI=1S/C13H15NO2S2/c1-15-11-4-3-9(7-12(11)16-2)13-14-10(5-6-17)8-18-13/h3-4,7-8,17H,5-6H2,1-2H3. The highest BCUT2D eigenvalue weighted by Gasteiger charge is 2.09. The Kier molecular flexibility index (Phi) is 4.49. The first-order chi connectivity index (χ1) is 8.78. The third-order valence-corrected chi connectivity index (χ3v) is 3.71. The van der Waals surface area contributed by atoms with Gasteiger partial charge >= 0.3 is 0 Å². The summed E-state index contributed by atoms with van der Waals surface area (Å²) in [5.74, 6) is 2.27. The summed E-state index contributed by atoms with van der Waals surface area (Å²) < 4.78 is 10.5. The van der Waals surface area contributed by atoms with Gasteiger partial charge in [0.2, 0.25) is 0 Å². The molecule has 3 nitrogen and oxygen atoms in total. The van der Waals surface area contributed by atoms with E-state index in [9.17, 15) is 0 Å². The minimum Gasteiger partial charge on any atom is -0.493 e. The Morgan fingerprint density at radius 3 is 2.67 bits per heavy atom. The molecule has 1 aromatic heterocycles. The van der Waals surface area contributed by atoms with E-state index in [0.717, 1.165) is 39.9 Å². The van der Waals surface area contributed by atoms with Gasteiger partial charge in [0.05, 0.1) is 19.9 Å². The predicted molar refractivity (Wildman–Crippen MR) is 78.2 cm³/mol. The van der Waals surface area contributed by atoms with Crippen LogP contribution in [0.15, 0.2) is 23.6 Å². The molecular weight excluding hydrogens is 266 g/mol. The van der Waals surface area contributed by atoms with E-state index >= 15 is 0 Å². The van der Waals surface area contributed by atoms with E-state index < -0.39 is 0 Å². The smallest absolute Gasteiger partial charge is 0.161 e. The average molecular weight is 281 g/mol. The van der Waals surface area contributed by atoms with E-state index in [4.69, 9.17) is 9.47 Å². The Morgan fingerprint density at radius 2 is 2.00 bits per heavy atom. The van der Waals surface area contributed by atoms with Crippen molar-refractivity contribution in [3.63, 3.8) is 0 Å². The maximum atomic E-state index is 5.29. The summed E-state index contributed by atoms with van der Waals surface area (Å²) >= 11 is 5.85. The number of methoxy groups -OCH3 is 2. The van der Waals surface area contributed by atoms with E-state index in [-0.39, 0.29) is 0 Å². The number of rotatable bonds is 5. The lowest BCUT2D eigenvalue weighted by molar-refractivity contribution is 0.355. The lowest BCUT2D eigenvalue weighted by atomic mass is 10.2. The molecule has 0 atom stereocenters. The molecule has 0 bridgehead atoms. The molecule has 1 aromatic carbocycles. The Hall–Kier alpha value is -1.20. The highest BCUT2D eigenvalue weighted by Crippen LogP contribution is 2.33. The van der Waals surface area contributed by atoms with Crippen molar-refractivity contribution in [1.29, 1.82) is 0 Å². The van der Waals surface area contributed by atoms with Gasteiger partial charge in [-0.1, -0.05) is 0 Å². The molecule has 18 heavy (non-hydrogen) atoms. The number of thiazole rings is 1. The molecule has 0 unspecified atom stereocenters. The van der Waals surface area contributed by atoms with Gasteiger partial charge in [0.25, 0.3) is 0 Å². The van der Waals surface area contributed by atoms with Crippen molar-refractivity contribution in [3.05, 3.63) is 29.3 Å². The second-order valence-corrected chi connectivity index (χ2v) is 4.99. The van der Waals surface area contributed by atoms with Gasteiger partial charge in [0.15, 0.2) is 11.5 Å². The highest BCUT2D eigenvalue weighted by atomic mass is 32.1. The van der Waals surface area contributed by atoms with Crippen molar-refractivity contribution >= 4 is 24.0 Å². The van der Waals surface area contributed by atoms with Crippen LogP contribution in [0.3, 0.4) is 0 Å². The van der Waals surface area contributed by atoms with Gasteiger partial charge in [-0.25, -0.2) is 4.98 Å². The maximum absolute atomic E-state index is 5.29. The molecular formula is C13H15NO2S2. The summed E-state index contributed by atoms with van der Waals surface area (Å²) in [6.45, 7) is 0. The molecule has 0 fully saturated rings. The topological polar surface area (TPSA) is 31.4 Å². The number of thiol groups is 1. The Labute approximate surface area is 116 Å². The largest absolute Gasteiger partial charge is 0.493 e. The van der Waals surface area contributed by atoms with E-state index in [1.807, 2.05) is 18.2 Å². The fourth-order valence-corrected chi connectivity index (χ4v) is 2.72. The first-order valence-corrected chi connectivity index (χ1v) is 7.07. The van der Waals surface area contributed by atoms with Crippen LogP contribution in [0.2, 0.25) is 0 Å². The van der Waals surface area contributed by atoms with Crippen LogP contribution in [0.5, 0.6) is 11.5 Å². The summed E-state index contributed by atoms with van der Waals surface area (Å²) in [7, 11) is 3.27. The third-order valence-electron chi connectivity index (χ3n) is 2.55. The molecule has 2 rings (SSSR count). The minimum atomic E-state index is 0.723. The molecule has 2 aromatic rings. The molecule has 0 aliphatic carbocycles. The monoisotopic (exact) mass is 281 g/mol. The Balaban J connectivity index is 2.31. The molecule has 0 amide bonds. The highest BCUT2D eigenvalue weighted by molar-refractivity contribution is 7.80. The number of aromatic nitrogens is 1. The first-order valence-electron chi connectivity index (χ1n) is 5.56. The maximum Gasteiger partial charge on any atom is 0.161 e. The number of hydrogen-bond acceptors (Lipinski definition) is 5. The molecule has 0 radical (unpaired) electrons. The van der Waals surface area contributed by atoms with E-state index in [0.29, 0.717) is 0 Å². The number of nitrogens with zero attached hydrogens (tertiary/aromatic N) is 1. The average Bonchev–Trinajstić information content (AvgIpc) is 2.87. The molecule has 0 N–H and O–H groups in total. The summed E-state index contributed by atoms with van der Waals surface area (Å²) in [5, 5.41) is 3.06. The van der Waals surface area contributed by atoms with E-state index in [1.54, 1.807) is 25.6 Å². The summed E-state index contributed by atoms with van der Waals surface area (Å²) in [4.78, 5) is 4.57. The molecule has 1 heterocycles. The fraction of sp³-hybridized carbons (Fsp3) is 0.308. The van der Waals surface area contributed by atoms with Gasteiger partial charge in [-0.2, -0.15) is 12.6 Å². The molecule has 0 saturated heterocycles. The van der Waals surface area contributed by atoms with Crippen molar-refractivity contribution in [1.82, 2.24) is 4.98 Å². The molecule has 96 valence electrons. The zero-order valence-corrected chi connectivity index (χ0v) is 12.1. The van der Waals surface area contributed by atoms with Crippen molar-refractivity contribution in [2.45, 2.75) is 6.42 Å². The van der Waals surface area contributed by atoms with Crippen LogP contribution in [0.1, 0.15) is 5.69 Å². The lowest BCUT2D eigenvalue weighted by Crippen LogP contribution is -1.91. The van der Waals surface area contributed by atoms with E-state index in [2.05, 4.69) is 23.0 Å². The van der Waals surface area contributed by atoms with Gasteiger partial charge in [-0.3, -0.25) is 0 Å². The zero-order valence-electron chi connectivity index (χ0n) is 10.3. The summed E-state index contributed by atoms with van der Waals surface area (Å²) in [6, 6.07) is 5.83. The number of ether oxygens (including phenoxy) is 2. The molecule has 5 heteroatoms. The van der Waals surface area contributed by atoms with Crippen molar-refractivity contribution < 1.29 is 9.47 Å². The molecule has 0 aliphatic rings.